The van der Waals surface area contributed by atoms with Crippen molar-refractivity contribution >= 4 is 23.3 Å². The van der Waals surface area contributed by atoms with Crippen LogP contribution in [0, 0.1) is 12.8 Å². The summed E-state index contributed by atoms with van der Waals surface area (Å²) in [6, 6.07) is 10.6. The summed E-state index contributed by atoms with van der Waals surface area (Å²) in [7, 11) is 0. The number of esters is 1. The summed E-state index contributed by atoms with van der Waals surface area (Å²) in [5.74, 6) is 6.45. The number of benzene rings is 2. The standard InChI is InChI=1S/C32H45N5O3/c1-3-40-30(38)20-28-25-8-7-23-13-18-36(21-26(23)19-25)32(39)24-11-16-35(17-12-24)14-5-4-6-15-37(34)29-10-9-27(28)22(2)31(29)33/h7-10,19,24,28H,3-6,11-18,20-21,33-34H2,1-2H3. The Morgan fingerprint density at radius 3 is 2.55 bits per heavy atom. The Hall–Kier alpha value is -3.10. The van der Waals surface area contributed by atoms with Gasteiger partial charge in [-0.2, -0.15) is 0 Å². The van der Waals surface area contributed by atoms with E-state index in [1.54, 1.807) is 5.01 Å². The first-order valence-corrected chi connectivity index (χ1v) is 15.0. The number of hydrogen-bond donors (Lipinski definition) is 2. The average Bonchev–Trinajstić information content (AvgIpc) is 2.96. The van der Waals surface area contributed by atoms with Gasteiger partial charge < -0.3 is 25.3 Å². The number of rotatable bonds is 3. The third kappa shape index (κ3) is 6.13. The second kappa shape index (κ2) is 12.6. The van der Waals surface area contributed by atoms with Gasteiger partial charge in [0, 0.05) is 31.5 Å². The van der Waals surface area contributed by atoms with Crippen LogP contribution in [0.2, 0.25) is 0 Å². The third-order valence-electron chi connectivity index (χ3n) is 9.16. The van der Waals surface area contributed by atoms with Crippen LogP contribution >= 0.6 is 0 Å². The van der Waals surface area contributed by atoms with Gasteiger partial charge in [-0.05, 0) is 99.5 Å². The average molecular weight is 548 g/mol. The lowest BCUT2D eigenvalue weighted by atomic mass is 9.83. The molecule has 0 saturated carbocycles. The molecule has 0 radical (unpaired) electrons. The van der Waals surface area contributed by atoms with E-state index < -0.39 is 0 Å². The van der Waals surface area contributed by atoms with Gasteiger partial charge in [-0.1, -0.05) is 30.7 Å². The maximum Gasteiger partial charge on any atom is 0.306 e. The van der Waals surface area contributed by atoms with E-state index in [-0.39, 0.29) is 24.2 Å². The molecule has 6 heterocycles. The van der Waals surface area contributed by atoms with Gasteiger partial charge >= 0.3 is 5.97 Å². The highest BCUT2D eigenvalue weighted by atomic mass is 16.5. The second-order valence-electron chi connectivity index (χ2n) is 11.7. The lowest BCUT2D eigenvalue weighted by molar-refractivity contribution is -0.143. The molecule has 216 valence electrons. The topological polar surface area (TPSA) is 105 Å². The minimum absolute atomic E-state index is 0.112. The SMILES string of the molecule is CCOC(=O)CC1c2ccc3c(c2)CN(CC3)C(=O)C2CCN(CCCCCN(N)c3ccc1c(C)c3N)CC2. The number of nitrogens with two attached hydrogens (primary N) is 2. The van der Waals surface area contributed by atoms with E-state index in [0.717, 1.165) is 93.6 Å². The number of anilines is 2. The lowest BCUT2D eigenvalue weighted by Gasteiger charge is -2.36. The van der Waals surface area contributed by atoms with Crippen LogP contribution in [0.5, 0.6) is 0 Å². The number of piperidine rings is 1. The monoisotopic (exact) mass is 547 g/mol. The first-order chi connectivity index (χ1) is 19.4. The Bertz CT molecular complexity index is 1220. The number of carbonyl (C=O) groups excluding carboxylic acids is 2. The van der Waals surface area contributed by atoms with Gasteiger partial charge in [0.15, 0.2) is 0 Å². The Morgan fingerprint density at radius 1 is 1.00 bits per heavy atom. The van der Waals surface area contributed by atoms with Crippen LogP contribution in [0.3, 0.4) is 0 Å². The van der Waals surface area contributed by atoms with E-state index in [9.17, 15) is 9.59 Å². The van der Waals surface area contributed by atoms with Crippen molar-refractivity contribution < 1.29 is 14.3 Å². The van der Waals surface area contributed by atoms with E-state index in [1.807, 2.05) is 19.9 Å². The Morgan fingerprint density at radius 2 is 1.77 bits per heavy atom. The fourth-order valence-corrected chi connectivity index (χ4v) is 6.71. The number of carbonyl (C=O) groups is 2. The molecule has 4 N–H and O–H groups in total. The van der Waals surface area contributed by atoms with Crippen molar-refractivity contribution in [3.63, 3.8) is 0 Å². The Labute approximate surface area is 238 Å². The number of ether oxygens (including phenoxy) is 1. The van der Waals surface area contributed by atoms with E-state index >= 15 is 0 Å². The van der Waals surface area contributed by atoms with Crippen molar-refractivity contribution in [2.24, 2.45) is 11.8 Å². The van der Waals surface area contributed by atoms with Crippen LogP contribution in [0.25, 0.3) is 0 Å². The quantitative estimate of drug-likeness (QED) is 0.338. The zero-order valence-corrected chi connectivity index (χ0v) is 24.2. The van der Waals surface area contributed by atoms with Crippen molar-refractivity contribution in [3.8, 4) is 0 Å². The molecule has 7 bridgehead atoms. The molecule has 0 spiro atoms. The minimum Gasteiger partial charge on any atom is -0.466 e. The maximum absolute atomic E-state index is 13.6. The molecule has 8 rings (SSSR count). The molecule has 0 aliphatic carbocycles. The molecular weight excluding hydrogens is 502 g/mol. The number of nitrogen functional groups attached to an aromatic ring is 1. The molecule has 1 amide bonds. The molecule has 0 aromatic heterocycles. The van der Waals surface area contributed by atoms with Gasteiger partial charge in [-0.25, -0.2) is 5.84 Å². The minimum atomic E-state index is -0.235. The molecule has 2 aromatic carbocycles. The zero-order chi connectivity index (χ0) is 28.2. The molecular formula is C32H45N5O3. The van der Waals surface area contributed by atoms with Gasteiger partial charge in [0.05, 0.1) is 24.4 Å². The maximum atomic E-state index is 13.6. The normalized spacial score (nSPS) is 23.8. The largest absolute Gasteiger partial charge is 0.466 e. The first kappa shape index (κ1) is 28.4. The highest BCUT2D eigenvalue weighted by Crippen LogP contribution is 2.38. The number of hydrogen-bond acceptors (Lipinski definition) is 7. The highest BCUT2D eigenvalue weighted by molar-refractivity contribution is 5.79. The van der Waals surface area contributed by atoms with Gasteiger partial charge in [-0.15, -0.1) is 0 Å². The number of hydrazine groups is 1. The Balaban J connectivity index is 1.52. The van der Waals surface area contributed by atoms with E-state index in [2.05, 4.69) is 34.1 Å². The Kier molecular flexibility index (Phi) is 8.96. The zero-order valence-electron chi connectivity index (χ0n) is 24.2. The van der Waals surface area contributed by atoms with Gasteiger partial charge in [0.2, 0.25) is 5.91 Å². The lowest BCUT2D eigenvalue weighted by Crippen LogP contribution is -2.44. The predicted octanol–water partition coefficient (Wildman–Crippen LogP) is 4.12. The van der Waals surface area contributed by atoms with Crippen molar-refractivity contribution in [3.05, 3.63) is 58.1 Å². The molecule has 6 aliphatic rings. The molecule has 1 atom stereocenters. The summed E-state index contributed by atoms with van der Waals surface area (Å²) < 4.78 is 5.38. The summed E-state index contributed by atoms with van der Waals surface area (Å²) >= 11 is 0. The van der Waals surface area contributed by atoms with Crippen molar-refractivity contribution in [1.29, 1.82) is 0 Å². The van der Waals surface area contributed by atoms with Crippen LogP contribution < -0.4 is 16.6 Å². The van der Waals surface area contributed by atoms with E-state index in [4.69, 9.17) is 16.3 Å². The van der Waals surface area contributed by atoms with Crippen LogP contribution in [0.1, 0.15) is 79.2 Å². The van der Waals surface area contributed by atoms with Crippen LogP contribution in [0.4, 0.5) is 11.4 Å². The number of nitrogens with zero attached hydrogens (tertiary/aromatic N) is 3. The smallest absolute Gasteiger partial charge is 0.306 e. The summed E-state index contributed by atoms with van der Waals surface area (Å²) in [5, 5.41) is 1.76. The van der Waals surface area contributed by atoms with E-state index in [0.29, 0.717) is 24.7 Å². The molecule has 1 fully saturated rings. The third-order valence-corrected chi connectivity index (χ3v) is 9.16. The van der Waals surface area contributed by atoms with Crippen LogP contribution in [0.15, 0.2) is 30.3 Å². The molecule has 8 heteroatoms. The van der Waals surface area contributed by atoms with Gasteiger partial charge in [-0.3, -0.25) is 9.59 Å². The fourth-order valence-electron chi connectivity index (χ4n) is 6.71. The highest BCUT2D eigenvalue weighted by Gasteiger charge is 2.31. The van der Waals surface area contributed by atoms with Crippen LogP contribution in [-0.2, 0) is 27.3 Å². The summed E-state index contributed by atoms with van der Waals surface area (Å²) in [6.45, 7) is 9.36. The molecule has 1 unspecified atom stereocenters. The van der Waals surface area contributed by atoms with Crippen molar-refractivity contribution in [1.82, 2.24) is 9.80 Å². The molecule has 8 nitrogen and oxygen atoms in total. The van der Waals surface area contributed by atoms with Gasteiger partial charge in [0.25, 0.3) is 0 Å². The predicted molar refractivity (Wildman–Crippen MR) is 159 cm³/mol. The molecule has 6 aliphatic heterocycles. The second-order valence-corrected chi connectivity index (χ2v) is 11.7. The molecule has 2 aromatic rings. The first-order valence-electron chi connectivity index (χ1n) is 15.0. The van der Waals surface area contributed by atoms with Crippen molar-refractivity contribution in [2.75, 3.05) is 50.1 Å². The van der Waals surface area contributed by atoms with Crippen molar-refractivity contribution in [2.45, 2.75) is 71.3 Å². The van der Waals surface area contributed by atoms with Gasteiger partial charge in [0.1, 0.15) is 0 Å². The summed E-state index contributed by atoms with van der Waals surface area (Å²) in [5.41, 5.74) is 13.6. The molecule has 40 heavy (non-hydrogen) atoms. The summed E-state index contributed by atoms with van der Waals surface area (Å²) in [4.78, 5) is 30.9. The summed E-state index contributed by atoms with van der Waals surface area (Å²) in [6.07, 6.45) is 6.16. The van der Waals surface area contributed by atoms with Crippen LogP contribution in [-0.4, -0.2) is 61.0 Å². The number of amides is 1. The molecule has 1 saturated heterocycles. The van der Waals surface area contributed by atoms with E-state index in [1.165, 1.54) is 11.1 Å². The fraction of sp³-hybridized carbons (Fsp3) is 0.562.